The summed E-state index contributed by atoms with van der Waals surface area (Å²) in [5, 5.41) is 1.68. The number of hydroxylamine groups is 2. The summed E-state index contributed by atoms with van der Waals surface area (Å²) in [5.41, 5.74) is 0. The number of esters is 1. The topological polar surface area (TPSA) is 38.8 Å². The molecule has 13 heavy (non-hydrogen) atoms. The molecule has 78 valence electrons. The van der Waals surface area contributed by atoms with Crippen LogP contribution in [0.25, 0.3) is 0 Å². The molecule has 0 N–H and O–H groups in total. The molecule has 0 heterocycles. The Morgan fingerprint density at radius 1 is 1.38 bits per heavy atom. The highest BCUT2D eigenvalue weighted by atomic mass is 16.7. The Kier molecular flexibility index (Phi) is 12.5. The van der Waals surface area contributed by atoms with E-state index in [0.717, 1.165) is 12.7 Å². The summed E-state index contributed by atoms with van der Waals surface area (Å²) < 4.78 is 4.43. The van der Waals surface area contributed by atoms with E-state index in [0.29, 0.717) is 6.61 Å². The van der Waals surface area contributed by atoms with E-state index in [1.54, 1.807) is 12.0 Å². The summed E-state index contributed by atoms with van der Waals surface area (Å²) in [7, 11) is 3.73. The monoisotopic (exact) mass is 189 g/mol. The van der Waals surface area contributed by atoms with Gasteiger partial charge in [0.05, 0.1) is 13.2 Å². The number of carbonyl (C=O) groups excluding carboxylic acids is 1. The van der Waals surface area contributed by atoms with Gasteiger partial charge in [0.2, 0.25) is 0 Å². The first-order valence-corrected chi connectivity index (χ1v) is 4.17. The van der Waals surface area contributed by atoms with Crippen LogP contribution in [0.3, 0.4) is 0 Å². The second-order valence-electron chi connectivity index (χ2n) is 2.19. The van der Waals surface area contributed by atoms with Crippen LogP contribution >= 0.6 is 0 Å². The van der Waals surface area contributed by atoms with Gasteiger partial charge in [0.15, 0.2) is 0 Å². The molecule has 0 spiro atoms. The first kappa shape index (κ1) is 14.6. The van der Waals surface area contributed by atoms with Crippen molar-refractivity contribution in [3.8, 4) is 0 Å². The van der Waals surface area contributed by atoms with E-state index < -0.39 is 0 Å². The van der Waals surface area contributed by atoms with E-state index in [2.05, 4.69) is 11.3 Å². The fourth-order valence-corrected chi connectivity index (χ4v) is 0.459. The van der Waals surface area contributed by atoms with Crippen LogP contribution in [0, 0.1) is 0 Å². The standard InChI is InChI=1S/C5H8O2.C4H11NO/c1-3-5(6)7-4-2;1-4-6-5(2)3/h3H,1,4H2,2H3;4H2,1-3H3. The molecule has 4 nitrogen and oxygen atoms in total. The van der Waals surface area contributed by atoms with Crippen molar-refractivity contribution in [1.82, 2.24) is 5.06 Å². The third-order valence-electron chi connectivity index (χ3n) is 0.841. The molecule has 0 amide bonds. The summed E-state index contributed by atoms with van der Waals surface area (Å²) in [6.45, 7) is 8.09. The van der Waals surface area contributed by atoms with E-state index in [1.165, 1.54) is 0 Å². The molecule has 0 unspecified atom stereocenters. The predicted octanol–water partition coefficient (Wildman–Crippen LogP) is 1.23. The van der Waals surface area contributed by atoms with Gasteiger partial charge in [-0.15, -0.1) is 0 Å². The van der Waals surface area contributed by atoms with Crippen molar-refractivity contribution in [1.29, 1.82) is 0 Å². The quantitative estimate of drug-likeness (QED) is 0.379. The lowest BCUT2D eigenvalue weighted by molar-refractivity contribution is -0.137. The van der Waals surface area contributed by atoms with Gasteiger partial charge in [0, 0.05) is 20.2 Å². The van der Waals surface area contributed by atoms with Crippen LogP contribution in [0.15, 0.2) is 12.7 Å². The molecule has 0 aromatic heterocycles. The van der Waals surface area contributed by atoms with Crippen molar-refractivity contribution in [2.45, 2.75) is 13.8 Å². The highest BCUT2D eigenvalue weighted by molar-refractivity contribution is 5.81. The molecule has 0 aliphatic rings. The molecular formula is C9H19NO3. The van der Waals surface area contributed by atoms with Crippen molar-refractivity contribution in [3.63, 3.8) is 0 Å². The van der Waals surface area contributed by atoms with Crippen LogP contribution in [0.4, 0.5) is 0 Å². The number of carbonyl (C=O) groups is 1. The molecule has 0 aliphatic heterocycles. The SMILES string of the molecule is C=CC(=O)OCC.CCON(C)C. The molecule has 0 aromatic rings. The number of rotatable bonds is 4. The summed E-state index contributed by atoms with van der Waals surface area (Å²) in [5.74, 6) is -0.359. The van der Waals surface area contributed by atoms with E-state index in [4.69, 9.17) is 4.84 Å². The second kappa shape index (κ2) is 11.1. The molecule has 0 radical (unpaired) electrons. The maximum absolute atomic E-state index is 10.1. The minimum absolute atomic E-state index is 0.359. The van der Waals surface area contributed by atoms with Crippen molar-refractivity contribution in [3.05, 3.63) is 12.7 Å². The molecule has 4 heteroatoms. The van der Waals surface area contributed by atoms with Gasteiger partial charge in [-0.05, 0) is 13.8 Å². The van der Waals surface area contributed by atoms with Crippen molar-refractivity contribution in [2.24, 2.45) is 0 Å². The van der Waals surface area contributed by atoms with E-state index in [1.807, 2.05) is 21.0 Å². The Balaban J connectivity index is 0. The van der Waals surface area contributed by atoms with E-state index >= 15 is 0 Å². The fraction of sp³-hybridized carbons (Fsp3) is 0.667. The molecule has 0 bridgehead atoms. The Hall–Kier alpha value is -0.870. The maximum Gasteiger partial charge on any atom is 0.330 e. The third kappa shape index (κ3) is 18.2. The van der Waals surface area contributed by atoms with Crippen LogP contribution in [-0.2, 0) is 14.4 Å². The molecule has 0 saturated heterocycles. The number of nitrogens with zero attached hydrogens (tertiary/aromatic N) is 1. The number of ether oxygens (including phenoxy) is 1. The summed E-state index contributed by atoms with van der Waals surface area (Å²) in [6.07, 6.45) is 1.14. The highest BCUT2D eigenvalue weighted by Crippen LogP contribution is 1.74. The summed E-state index contributed by atoms with van der Waals surface area (Å²) in [6, 6.07) is 0. The largest absolute Gasteiger partial charge is 0.463 e. The van der Waals surface area contributed by atoms with Crippen molar-refractivity contribution in [2.75, 3.05) is 27.3 Å². The number of hydrogen-bond donors (Lipinski definition) is 0. The molecule has 0 atom stereocenters. The summed E-state index contributed by atoms with van der Waals surface area (Å²) >= 11 is 0. The van der Waals surface area contributed by atoms with Crippen LogP contribution in [0.5, 0.6) is 0 Å². The van der Waals surface area contributed by atoms with Gasteiger partial charge in [-0.1, -0.05) is 6.58 Å². The molecule has 0 rings (SSSR count). The minimum atomic E-state index is -0.359. The zero-order valence-corrected chi connectivity index (χ0v) is 8.87. The Morgan fingerprint density at radius 3 is 2.00 bits per heavy atom. The first-order valence-electron chi connectivity index (χ1n) is 4.17. The minimum Gasteiger partial charge on any atom is -0.463 e. The second-order valence-corrected chi connectivity index (χ2v) is 2.19. The van der Waals surface area contributed by atoms with Gasteiger partial charge in [0.25, 0.3) is 0 Å². The normalized spacial score (nSPS) is 8.69. The maximum atomic E-state index is 10.1. The smallest absolute Gasteiger partial charge is 0.330 e. The van der Waals surface area contributed by atoms with Crippen molar-refractivity contribution < 1.29 is 14.4 Å². The Labute approximate surface area is 80.1 Å². The Bertz CT molecular complexity index is 135. The summed E-state index contributed by atoms with van der Waals surface area (Å²) in [4.78, 5) is 14.9. The molecule has 0 aromatic carbocycles. The van der Waals surface area contributed by atoms with Gasteiger partial charge < -0.3 is 4.74 Å². The predicted molar refractivity (Wildman–Crippen MR) is 52.1 cm³/mol. The van der Waals surface area contributed by atoms with Crippen LogP contribution < -0.4 is 0 Å². The number of hydrogen-bond acceptors (Lipinski definition) is 4. The van der Waals surface area contributed by atoms with E-state index in [-0.39, 0.29) is 5.97 Å². The lowest BCUT2D eigenvalue weighted by Gasteiger charge is -2.05. The van der Waals surface area contributed by atoms with Crippen LogP contribution in [0.1, 0.15) is 13.8 Å². The van der Waals surface area contributed by atoms with Gasteiger partial charge in [-0.3, -0.25) is 4.84 Å². The lowest BCUT2D eigenvalue weighted by atomic mass is 10.6. The molecule has 0 aliphatic carbocycles. The lowest BCUT2D eigenvalue weighted by Crippen LogP contribution is -2.11. The van der Waals surface area contributed by atoms with Gasteiger partial charge >= 0.3 is 5.97 Å². The van der Waals surface area contributed by atoms with E-state index in [9.17, 15) is 4.79 Å². The zero-order valence-electron chi connectivity index (χ0n) is 8.87. The van der Waals surface area contributed by atoms with Gasteiger partial charge in [0.1, 0.15) is 0 Å². The fourth-order valence-electron chi connectivity index (χ4n) is 0.459. The first-order chi connectivity index (χ1) is 6.08. The molecule has 0 fully saturated rings. The molecular weight excluding hydrogens is 170 g/mol. The average molecular weight is 189 g/mol. The van der Waals surface area contributed by atoms with Crippen molar-refractivity contribution >= 4 is 5.97 Å². The third-order valence-corrected chi connectivity index (χ3v) is 0.841. The Morgan fingerprint density at radius 2 is 1.92 bits per heavy atom. The molecule has 0 saturated carbocycles. The van der Waals surface area contributed by atoms with Crippen LogP contribution in [0.2, 0.25) is 0 Å². The average Bonchev–Trinajstić information content (AvgIpc) is 2.05. The van der Waals surface area contributed by atoms with Crippen LogP contribution in [-0.4, -0.2) is 38.3 Å². The van der Waals surface area contributed by atoms with Gasteiger partial charge in [-0.2, -0.15) is 5.06 Å². The van der Waals surface area contributed by atoms with Gasteiger partial charge in [-0.25, -0.2) is 4.79 Å². The highest BCUT2D eigenvalue weighted by Gasteiger charge is 1.86. The zero-order chi connectivity index (χ0) is 10.7.